The molecular weight excluding hydrogens is 382 g/mol. The molecule has 8 heteroatoms. The molecule has 0 aliphatic heterocycles. The zero-order chi connectivity index (χ0) is 20.3. The minimum atomic E-state index is 0.320. The van der Waals surface area contributed by atoms with Crippen molar-refractivity contribution >= 4 is 11.0 Å². The number of nitrogens with zero attached hydrogens (tertiary/aromatic N) is 5. The first-order valence-corrected chi connectivity index (χ1v) is 9.62. The first-order valence-electron chi connectivity index (χ1n) is 9.62. The third-order valence-corrected chi connectivity index (χ3v) is 4.81. The van der Waals surface area contributed by atoms with Crippen molar-refractivity contribution in [2.75, 3.05) is 0 Å². The number of rotatable bonds is 7. The second kappa shape index (κ2) is 7.82. The molecule has 3 heterocycles. The van der Waals surface area contributed by atoms with Gasteiger partial charge in [0, 0.05) is 23.4 Å². The average Bonchev–Trinajstić information content (AvgIpc) is 3.51. The lowest BCUT2D eigenvalue weighted by molar-refractivity contribution is 0.299. The summed E-state index contributed by atoms with van der Waals surface area (Å²) in [7, 11) is 0. The van der Waals surface area contributed by atoms with Crippen molar-refractivity contribution in [1.82, 2.24) is 25.2 Å². The van der Waals surface area contributed by atoms with E-state index in [2.05, 4.69) is 20.5 Å². The van der Waals surface area contributed by atoms with E-state index in [1.54, 1.807) is 11.0 Å². The zero-order valence-electron chi connectivity index (χ0n) is 16.4. The predicted octanol–water partition coefficient (Wildman–Crippen LogP) is 4.20. The summed E-state index contributed by atoms with van der Waals surface area (Å²) < 4.78 is 19.4. The van der Waals surface area contributed by atoms with E-state index < -0.39 is 0 Å². The number of fused-ring (bicyclic) bond motifs is 1. The molecule has 0 saturated heterocycles. The van der Waals surface area contributed by atoms with Crippen molar-refractivity contribution in [3.63, 3.8) is 0 Å². The third-order valence-electron chi connectivity index (χ3n) is 4.81. The van der Waals surface area contributed by atoms with Crippen LogP contribution in [0.2, 0.25) is 0 Å². The Morgan fingerprint density at radius 3 is 2.77 bits per heavy atom. The van der Waals surface area contributed by atoms with Crippen molar-refractivity contribution < 1.29 is 13.6 Å². The number of furan rings is 1. The summed E-state index contributed by atoms with van der Waals surface area (Å²) in [5, 5.41) is 12.2. The summed E-state index contributed by atoms with van der Waals surface area (Å²) in [6.45, 7) is 2.87. The van der Waals surface area contributed by atoms with Gasteiger partial charge in [-0.3, -0.25) is 0 Å². The molecule has 150 valence electrons. The van der Waals surface area contributed by atoms with Crippen LogP contribution in [0.3, 0.4) is 0 Å². The first-order chi connectivity index (χ1) is 14.7. The molecule has 8 nitrogen and oxygen atoms in total. The number of benzene rings is 2. The fraction of sp³-hybridized carbons (Fsp3) is 0.182. The van der Waals surface area contributed by atoms with Crippen LogP contribution in [0.15, 0.2) is 69.8 Å². The molecule has 0 radical (unpaired) electrons. The molecule has 0 fully saturated rings. The molecule has 0 spiro atoms. The van der Waals surface area contributed by atoms with Gasteiger partial charge in [-0.05, 0) is 47.7 Å². The van der Waals surface area contributed by atoms with E-state index >= 15 is 0 Å². The maximum atomic E-state index is 5.95. The van der Waals surface area contributed by atoms with Crippen molar-refractivity contribution in [2.45, 2.75) is 26.5 Å². The third kappa shape index (κ3) is 3.80. The van der Waals surface area contributed by atoms with Gasteiger partial charge in [0.05, 0.1) is 6.54 Å². The van der Waals surface area contributed by atoms with Gasteiger partial charge in [0.2, 0.25) is 5.89 Å². The molecule has 5 aromatic rings. The Morgan fingerprint density at radius 1 is 1.03 bits per heavy atom. The number of tetrazole rings is 1. The summed E-state index contributed by atoms with van der Waals surface area (Å²) in [6.07, 6.45) is 2.29. The van der Waals surface area contributed by atoms with Crippen LogP contribution >= 0.6 is 0 Å². The van der Waals surface area contributed by atoms with Gasteiger partial charge in [0.1, 0.15) is 41.5 Å². The van der Waals surface area contributed by atoms with Gasteiger partial charge < -0.3 is 13.6 Å². The van der Waals surface area contributed by atoms with Gasteiger partial charge in [-0.1, -0.05) is 18.2 Å². The number of ether oxygens (including phenoxy) is 1. The van der Waals surface area contributed by atoms with Gasteiger partial charge >= 0.3 is 0 Å². The fourth-order valence-electron chi connectivity index (χ4n) is 3.20. The van der Waals surface area contributed by atoms with E-state index in [-0.39, 0.29) is 0 Å². The molecule has 5 rings (SSSR count). The molecule has 0 aliphatic carbocycles. The Labute approximate surface area is 172 Å². The minimum Gasteiger partial charge on any atom is -0.487 e. The van der Waals surface area contributed by atoms with E-state index in [1.165, 1.54) is 0 Å². The predicted molar refractivity (Wildman–Crippen MR) is 109 cm³/mol. The molecule has 0 amide bonds. The Morgan fingerprint density at radius 2 is 1.93 bits per heavy atom. The second-order valence-corrected chi connectivity index (χ2v) is 6.91. The van der Waals surface area contributed by atoms with Crippen molar-refractivity contribution in [3.8, 4) is 17.2 Å². The maximum Gasteiger partial charge on any atom is 0.226 e. The monoisotopic (exact) mass is 401 g/mol. The first kappa shape index (κ1) is 18.1. The second-order valence-electron chi connectivity index (χ2n) is 6.91. The van der Waals surface area contributed by atoms with E-state index in [9.17, 15) is 0 Å². The Hall–Kier alpha value is -3.94. The maximum absolute atomic E-state index is 5.95. The number of hydrogen-bond acceptors (Lipinski definition) is 7. The van der Waals surface area contributed by atoms with E-state index in [0.717, 1.165) is 33.7 Å². The topological polar surface area (TPSA) is 92.0 Å². The summed E-state index contributed by atoms with van der Waals surface area (Å²) >= 11 is 0. The summed E-state index contributed by atoms with van der Waals surface area (Å²) in [4.78, 5) is 4.58. The Kier molecular flexibility index (Phi) is 4.72. The van der Waals surface area contributed by atoms with E-state index in [4.69, 9.17) is 13.6 Å². The molecule has 0 aliphatic rings. The highest BCUT2D eigenvalue weighted by Crippen LogP contribution is 2.26. The summed E-state index contributed by atoms with van der Waals surface area (Å²) in [5.41, 5.74) is 2.50. The zero-order valence-corrected chi connectivity index (χ0v) is 16.4. The van der Waals surface area contributed by atoms with Gasteiger partial charge in [0.15, 0.2) is 0 Å². The average molecular weight is 401 g/mol. The highest BCUT2D eigenvalue weighted by atomic mass is 16.5. The van der Waals surface area contributed by atoms with Crippen LogP contribution in [-0.2, 0) is 19.6 Å². The molecule has 2 aromatic carbocycles. The van der Waals surface area contributed by atoms with Crippen molar-refractivity contribution in [3.05, 3.63) is 78.1 Å². The lowest BCUT2D eigenvalue weighted by Crippen LogP contribution is -2.01. The highest BCUT2D eigenvalue weighted by Gasteiger charge is 2.12. The van der Waals surface area contributed by atoms with Gasteiger partial charge in [-0.2, -0.15) is 0 Å². The van der Waals surface area contributed by atoms with E-state index in [0.29, 0.717) is 31.2 Å². The summed E-state index contributed by atoms with van der Waals surface area (Å²) in [5.74, 6) is 2.93. The van der Waals surface area contributed by atoms with Crippen LogP contribution in [0, 0.1) is 6.92 Å². The standard InChI is InChI=1S/C22H19N5O3/c1-15-20(24-22(29-15)16-5-3-2-4-6-16)13-28-18-8-7-17-11-19(30-21(17)12-18)9-10-27-14-23-25-26-27/h2-8,11-12,14H,9-10,13H2,1H3. The van der Waals surface area contributed by atoms with Gasteiger partial charge in [-0.15, -0.1) is 5.10 Å². The quantitative estimate of drug-likeness (QED) is 0.403. The van der Waals surface area contributed by atoms with Crippen LogP contribution in [-0.4, -0.2) is 25.2 Å². The largest absolute Gasteiger partial charge is 0.487 e. The van der Waals surface area contributed by atoms with Gasteiger partial charge in [-0.25, -0.2) is 9.67 Å². The molecule has 0 unspecified atom stereocenters. The summed E-state index contributed by atoms with van der Waals surface area (Å²) in [6, 6.07) is 17.7. The molecule has 0 N–H and O–H groups in total. The smallest absolute Gasteiger partial charge is 0.226 e. The van der Waals surface area contributed by atoms with E-state index in [1.807, 2.05) is 61.5 Å². The lowest BCUT2D eigenvalue weighted by Gasteiger charge is -2.04. The molecule has 30 heavy (non-hydrogen) atoms. The SMILES string of the molecule is Cc1oc(-c2ccccc2)nc1COc1ccc2cc(CCn3cnnn3)oc2c1. The fourth-order valence-corrected chi connectivity index (χ4v) is 3.20. The molecule has 0 atom stereocenters. The number of hydrogen-bond donors (Lipinski definition) is 0. The van der Waals surface area contributed by atoms with Crippen molar-refractivity contribution in [2.24, 2.45) is 0 Å². The van der Waals surface area contributed by atoms with Crippen molar-refractivity contribution in [1.29, 1.82) is 0 Å². The van der Waals surface area contributed by atoms with Crippen LogP contribution in [0.1, 0.15) is 17.2 Å². The molecular formula is C22H19N5O3. The number of aryl methyl sites for hydroxylation is 3. The van der Waals surface area contributed by atoms with Crippen LogP contribution in [0.25, 0.3) is 22.4 Å². The number of aromatic nitrogens is 5. The Balaban J connectivity index is 1.27. The minimum absolute atomic E-state index is 0.320. The van der Waals surface area contributed by atoms with Crippen LogP contribution < -0.4 is 4.74 Å². The molecule has 0 bridgehead atoms. The van der Waals surface area contributed by atoms with Crippen LogP contribution in [0.5, 0.6) is 5.75 Å². The lowest BCUT2D eigenvalue weighted by atomic mass is 10.2. The molecule has 3 aromatic heterocycles. The highest BCUT2D eigenvalue weighted by molar-refractivity contribution is 5.79. The normalized spacial score (nSPS) is 11.2. The Bertz CT molecular complexity index is 1260. The number of oxazole rings is 1. The van der Waals surface area contributed by atoms with Crippen LogP contribution in [0.4, 0.5) is 0 Å². The van der Waals surface area contributed by atoms with Gasteiger partial charge in [0.25, 0.3) is 0 Å². The molecule has 0 saturated carbocycles.